The van der Waals surface area contributed by atoms with Crippen molar-refractivity contribution in [2.45, 2.75) is 20.0 Å². The molecule has 0 aromatic heterocycles. The molecule has 0 heterocycles. The number of aromatic hydroxyl groups is 1. The molecule has 0 aliphatic carbocycles. The molecule has 1 atom stereocenters. The Hall–Kier alpha value is -4.12. The predicted molar refractivity (Wildman–Crippen MR) is 108 cm³/mol. The molecular weight excluding hydrogens is 352 g/mol. The summed E-state index contributed by atoms with van der Waals surface area (Å²) in [5.41, 5.74) is 0. The van der Waals surface area contributed by atoms with Crippen LogP contribution in [0.15, 0.2) is 48.5 Å². The maximum atomic E-state index is 9.23. The molecule has 4 nitrogen and oxygen atoms in total. The van der Waals surface area contributed by atoms with Gasteiger partial charge in [0.2, 0.25) is 6.79 Å². The van der Waals surface area contributed by atoms with E-state index in [-0.39, 0.29) is 18.6 Å². The first kappa shape index (κ1) is 20.2. The second kappa shape index (κ2) is 11.5. The lowest BCUT2D eigenvalue weighted by atomic mass is 10.3. The molecule has 1 N–H and O–H groups in total. The molecule has 4 heteroatoms. The highest BCUT2D eigenvalue weighted by Crippen LogP contribution is 2.20. The van der Waals surface area contributed by atoms with Gasteiger partial charge in [0.25, 0.3) is 0 Å². The van der Waals surface area contributed by atoms with Gasteiger partial charge in [-0.15, -0.1) is 0 Å². The molecule has 2 rings (SSSR count). The standard InChI is InChI=1S/C24H18O4/c1-3-4-5-6-7-8-9-10-20(2)28-24-17-15-23(16-18-24)27-19-26-22-13-11-21(25)12-14-22/h11-18,20,25H,19H2,1-2H3. The van der Waals surface area contributed by atoms with E-state index in [1.165, 1.54) is 0 Å². The van der Waals surface area contributed by atoms with Gasteiger partial charge in [-0.2, -0.15) is 0 Å². The normalized spacial score (nSPS) is 9.50. The first-order chi connectivity index (χ1) is 13.7. The number of phenols is 1. The lowest BCUT2D eigenvalue weighted by Crippen LogP contribution is -2.08. The van der Waals surface area contributed by atoms with E-state index in [2.05, 4.69) is 47.4 Å². The van der Waals surface area contributed by atoms with Crippen LogP contribution in [-0.2, 0) is 0 Å². The molecule has 0 saturated carbocycles. The number of rotatable bonds is 6. The lowest BCUT2D eigenvalue weighted by Gasteiger charge is -2.11. The summed E-state index contributed by atoms with van der Waals surface area (Å²) in [5, 5.41) is 9.23. The van der Waals surface area contributed by atoms with Gasteiger partial charge in [-0.1, -0.05) is 5.92 Å². The molecule has 0 aliphatic rings. The third-order valence-electron chi connectivity index (χ3n) is 3.14. The van der Waals surface area contributed by atoms with Crippen molar-refractivity contribution in [1.82, 2.24) is 0 Å². The van der Waals surface area contributed by atoms with Crippen molar-refractivity contribution in [3.63, 3.8) is 0 Å². The van der Waals surface area contributed by atoms with Gasteiger partial charge in [-0.3, -0.25) is 0 Å². The van der Waals surface area contributed by atoms with E-state index in [0.717, 1.165) is 0 Å². The number of benzene rings is 2. The van der Waals surface area contributed by atoms with Crippen molar-refractivity contribution in [3.05, 3.63) is 48.5 Å². The Morgan fingerprint density at radius 2 is 1.25 bits per heavy atom. The molecule has 0 amide bonds. The Morgan fingerprint density at radius 1 is 0.750 bits per heavy atom. The van der Waals surface area contributed by atoms with Crippen LogP contribution in [0.2, 0.25) is 0 Å². The van der Waals surface area contributed by atoms with Gasteiger partial charge in [-0.05, 0) is 104 Å². The van der Waals surface area contributed by atoms with Crippen LogP contribution in [0.5, 0.6) is 23.0 Å². The van der Waals surface area contributed by atoms with Crippen molar-refractivity contribution in [3.8, 4) is 70.4 Å². The number of hydrogen-bond donors (Lipinski definition) is 1. The highest BCUT2D eigenvalue weighted by atomic mass is 16.7. The second-order valence-electron chi connectivity index (χ2n) is 5.28. The Labute approximate surface area is 165 Å². The Bertz CT molecular complexity index is 1010. The Balaban J connectivity index is 1.78. The van der Waals surface area contributed by atoms with Crippen LogP contribution in [0, 0.1) is 47.4 Å². The average molecular weight is 370 g/mol. The van der Waals surface area contributed by atoms with Gasteiger partial charge in [0.05, 0.1) is 0 Å². The van der Waals surface area contributed by atoms with E-state index in [4.69, 9.17) is 14.2 Å². The van der Waals surface area contributed by atoms with Gasteiger partial charge >= 0.3 is 0 Å². The van der Waals surface area contributed by atoms with Crippen molar-refractivity contribution in [1.29, 1.82) is 0 Å². The van der Waals surface area contributed by atoms with Crippen LogP contribution >= 0.6 is 0 Å². The average Bonchev–Trinajstić information content (AvgIpc) is 2.70. The van der Waals surface area contributed by atoms with Crippen LogP contribution in [0.1, 0.15) is 13.8 Å². The zero-order valence-electron chi connectivity index (χ0n) is 15.6. The highest BCUT2D eigenvalue weighted by molar-refractivity contribution is 5.40. The fourth-order valence-electron chi connectivity index (χ4n) is 1.88. The maximum Gasteiger partial charge on any atom is 0.230 e. The fourth-order valence-corrected chi connectivity index (χ4v) is 1.88. The third-order valence-corrected chi connectivity index (χ3v) is 3.14. The van der Waals surface area contributed by atoms with E-state index in [9.17, 15) is 5.11 Å². The minimum Gasteiger partial charge on any atom is -0.508 e. The maximum absolute atomic E-state index is 9.23. The smallest absolute Gasteiger partial charge is 0.230 e. The number of hydrogen-bond acceptors (Lipinski definition) is 4. The van der Waals surface area contributed by atoms with Gasteiger partial charge < -0.3 is 19.3 Å². The van der Waals surface area contributed by atoms with Crippen LogP contribution in [0.25, 0.3) is 0 Å². The third kappa shape index (κ3) is 7.84. The number of phenolic OH excluding ortho intramolecular Hbond substituents is 1. The molecule has 28 heavy (non-hydrogen) atoms. The summed E-state index contributed by atoms with van der Waals surface area (Å²) in [6.45, 7) is 3.60. The molecular formula is C24H18O4. The van der Waals surface area contributed by atoms with E-state index < -0.39 is 0 Å². The summed E-state index contributed by atoms with van der Waals surface area (Å²) in [6, 6.07) is 13.5. The van der Waals surface area contributed by atoms with E-state index in [1.54, 1.807) is 55.5 Å². The largest absolute Gasteiger partial charge is 0.508 e. The summed E-state index contributed by atoms with van der Waals surface area (Å²) in [4.78, 5) is 0. The van der Waals surface area contributed by atoms with Crippen LogP contribution in [-0.4, -0.2) is 18.0 Å². The highest BCUT2D eigenvalue weighted by Gasteiger charge is 2.01. The lowest BCUT2D eigenvalue weighted by molar-refractivity contribution is 0.119. The van der Waals surface area contributed by atoms with Crippen LogP contribution in [0.3, 0.4) is 0 Å². The summed E-state index contributed by atoms with van der Waals surface area (Å²) < 4.78 is 16.6. The SMILES string of the molecule is CC#CC#CC#CC#CC(C)Oc1ccc(OCOc2ccc(O)cc2)cc1. The van der Waals surface area contributed by atoms with Crippen molar-refractivity contribution >= 4 is 0 Å². The monoisotopic (exact) mass is 370 g/mol. The van der Waals surface area contributed by atoms with Gasteiger partial charge in [0, 0.05) is 0 Å². The van der Waals surface area contributed by atoms with Gasteiger partial charge in [-0.25, -0.2) is 0 Å². The topological polar surface area (TPSA) is 47.9 Å². The molecule has 2 aromatic carbocycles. The second-order valence-corrected chi connectivity index (χ2v) is 5.28. The molecule has 0 spiro atoms. The van der Waals surface area contributed by atoms with Crippen molar-refractivity contribution in [2.24, 2.45) is 0 Å². The molecule has 0 radical (unpaired) electrons. The summed E-state index contributed by atoms with van der Waals surface area (Å²) >= 11 is 0. The predicted octanol–water partition coefficient (Wildman–Crippen LogP) is 3.61. The molecule has 1 unspecified atom stereocenters. The minimum atomic E-state index is -0.317. The Morgan fingerprint density at radius 3 is 1.86 bits per heavy atom. The van der Waals surface area contributed by atoms with Crippen molar-refractivity contribution in [2.75, 3.05) is 6.79 Å². The van der Waals surface area contributed by atoms with Gasteiger partial charge in [0.15, 0.2) is 6.10 Å². The summed E-state index contributed by atoms with van der Waals surface area (Å²) in [7, 11) is 0. The molecule has 138 valence electrons. The zero-order chi connectivity index (χ0) is 20.0. The zero-order valence-corrected chi connectivity index (χ0v) is 15.6. The van der Waals surface area contributed by atoms with Crippen molar-refractivity contribution < 1.29 is 19.3 Å². The molecule has 0 saturated heterocycles. The molecule has 0 aliphatic heterocycles. The molecule has 0 bridgehead atoms. The van der Waals surface area contributed by atoms with E-state index in [1.807, 2.05) is 6.92 Å². The number of ether oxygens (including phenoxy) is 3. The summed E-state index contributed by atoms with van der Waals surface area (Å²) in [6.07, 6.45) is -0.317. The Kier molecular flexibility index (Phi) is 8.28. The summed E-state index contributed by atoms with van der Waals surface area (Å²) in [5.74, 6) is 23.3. The molecule has 2 aromatic rings. The fraction of sp³-hybridized carbons (Fsp3) is 0.167. The van der Waals surface area contributed by atoms with Gasteiger partial charge in [0.1, 0.15) is 23.0 Å². The first-order valence-corrected chi connectivity index (χ1v) is 8.41. The first-order valence-electron chi connectivity index (χ1n) is 8.41. The molecule has 0 fully saturated rings. The van der Waals surface area contributed by atoms with E-state index >= 15 is 0 Å². The quantitative estimate of drug-likeness (QED) is 0.623. The minimum absolute atomic E-state index is 0.0538. The van der Waals surface area contributed by atoms with E-state index in [0.29, 0.717) is 17.2 Å². The van der Waals surface area contributed by atoms with Crippen LogP contribution < -0.4 is 14.2 Å². The van der Waals surface area contributed by atoms with Crippen LogP contribution in [0.4, 0.5) is 0 Å².